The molecule has 0 aliphatic carbocycles. The van der Waals surface area contributed by atoms with Crippen molar-refractivity contribution < 1.29 is 9.90 Å². The van der Waals surface area contributed by atoms with E-state index in [1.165, 1.54) is 12.8 Å². The molecule has 0 bridgehead atoms. The van der Waals surface area contributed by atoms with Crippen LogP contribution in [0.15, 0.2) is 42.5 Å². The molecule has 2 heterocycles. The van der Waals surface area contributed by atoms with Gasteiger partial charge in [0.2, 0.25) is 0 Å². The Bertz CT molecular complexity index is 1010. The van der Waals surface area contributed by atoms with Crippen molar-refractivity contribution in [2.75, 3.05) is 13.1 Å². The molecule has 1 aliphatic heterocycles. The molecule has 0 saturated carbocycles. The molecule has 2 aromatic carbocycles. The number of amides is 1. The minimum Gasteiger partial charge on any atom is -0.508 e. The smallest absolute Gasteiger partial charge is 0.252 e. The monoisotopic (exact) mass is 392 g/mol. The lowest BCUT2D eigenvalue weighted by molar-refractivity contribution is 0.0960. The highest BCUT2D eigenvalue weighted by Gasteiger charge is 2.33. The zero-order valence-electron chi connectivity index (χ0n) is 16.5. The molecule has 6 N–H and O–H groups in total. The van der Waals surface area contributed by atoms with Gasteiger partial charge in [-0.2, -0.15) is 0 Å². The second-order valence-electron chi connectivity index (χ2n) is 7.62. The number of fused-ring (bicyclic) bond motifs is 2. The van der Waals surface area contributed by atoms with E-state index in [2.05, 4.69) is 27.8 Å². The summed E-state index contributed by atoms with van der Waals surface area (Å²) in [6, 6.07) is 12.8. The van der Waals surface area contributed by atoms with Gasteiger partial charge in [-0.15, -0.1) is 0 Å². The number of aromatic amines is 1. The first kappa shape index (κ1) is 19.5. The second-order valence-corrected chi connectivity index (χ2v) is 7.62. The molecule has 6 heteroatoms. The van der Waals surface area contributed by atoms with Crippen LogP contribution in [0.5, 0.6) is 5.75 Å². The summed E-state index contributed by atoms with van der Waals surface area (Å²) in [6.45, 7) is 2.39. The van der Waals surface area contributed by atoms with E-state index in [-0.39, 0.29) is 17.7 Å². The number of aromatic nitrogens is 1. The van der Waals surface area contributed by atoms with E-state index in [9.17, 15) is 9.90 Å². The first-order chi connectivity index (χ1) is 14.2. The number of phenolic OH excluding ortho intramolecular Hbond substituents is 1. The predicted molar refractivity (Wildman–Crippen MR) is 115 cm³/mol. The fourth-order valence-electron chi connectivity index (χ4n) is 4.16. The number of H-pyrrole nitrogens is 1. The predicted octanol–water partition coefficient (Wildman–Crippen LogP) is 3.32. The van der Waals surface area contributed by atoms with Crippen LogP contribution in [0.3, 0.4) is 0 Å². The summed E-state index contributed by atoms with van der Waals surface area (Å²) in [6.07, 6.45) is 4.55. The standard InChI is InChI=1S/C23H28N4O2/c24-11-5-1-2-6-12-25-14-20-21(17-7-3-4-8-19(17)26-20)22-18-13-15(28)9-10-16(18)23(29)27-22/h3-4,7-10,13,22,25-26,28H,1-2,5-6,11-12,14,24H2,(H,27,29). The maximum absolute atomic E-state index is 12.5. The number of para-hydroxylation sites is 1. The highest BCUT2D eigenvalue weighted by molar-refractivity contribution is 6.01. The molecule has 4 rings (SSSR count). The van der Waals surface area contributed by atoms with E-state index in [1.807, 2.05) is 12.1 Å². The quantitative estimate of drug-likeness (QED) is 0.360. The molecular weight excluding hydrogens is 364 g/mol. The lowest BCUT2D eigenvalue weighted by atomic mass is 9.95. The third kappa shape index (κ3) is 3.99. The van der Waals surface area contributed by atoms with Crippen LogP contribution < -0.4 is 16.4 Å². The Morgan fingerprint density at radius 1 is 1.07 bits per heavy atom. The molecule has 0 radical (unpaired) electrons. The summed E-state index contributed by atoms with van der Waals surface area (Å²) in [4.78, 5) is 16.0. The van der Waals surface area contributed by atoms with Gasteiger partial charge in [0.25, 0.3) is 5.91 Å². The van der Waals surface area contributed by atoms with Crippen LogP contribution in [0, 0.1) is 0 Å². The van der Waals surface area contributed by atoms with Crippen molar-refractivity contribution in [1.29, 1.82) is 0 Å². The zero-order valence-corrected chi connectivity index (χ0v) is 16.5. The molecule has 152 valence electrons. The number of nitrogens with one attached hydrogen (secondary N) is 3. The summed E-state index contributed by atoms with van der Waals surface area (Å²) in [7, 11) is 0. The fraction of sp³-hybridized carbons (Fsp3) is 0.348. The molecule has 1 aliphatic rings. The van der Waals surface area contributed by atoms with E-state index < -0.39 is 0 Å². The van der Waals surface area contributed by atoms with Crippen molar-refractivity contribution >= 4 is 16.8 Å². The number of benzene rings is 2. The molecule has 3 aromatic rings. The fourth-order valence-corrected chi connectivity index (χ4v) is 4.16. The molecule has 0 spiro atoms. The van der Waals surface area contributed by atoms with Crippen molar-refractivity contribution in [3.63, 3.8) is 0 Å². The molecule has 0 saturated heterocycles. The van der Waals surface area contributed by atoms with Gasteiger partial charge in [-0.05, 0) is 55.8 Å². The van der Waals surface area contributed by atoms with Gasteiger partial charge in [0.05, 0.1) is 6.04 Å². The molecule has 1 atom stereocenters. The highest BCUT2D eigenvalue weighted by Crippen LogP contribution is 2.38. The summed E-state index contributed by atoms with van der Waals surface area (Å²) in [5.74, 6) is 0.0661. The maximum Gasteiger partial charge on any atom is 0.252 e. The molecule has 0 fully saturated rings. The normalized spacial score (nSPS) is 15.6. The van der Waals surface area contributed by atoms with Crippen molar-refractivity contribution in [2.45, 2.75) is 38.3 Å². The topological polar surface area (TPSA) is 103 Å². The van der Waals surface area contributed by atoms with Gasteiger partial charge in [-0.25, -0.2) is 0 Å². The Hall–Kier alpha value is -2.83. The van der Waals surface area contributed by atoms with Crippen molar-refractivity contribution in [3.8, 4) is 5.75 Å². The second kappa shape index (κ2) is 8.68. The number of hydrogen-bond donors (Lipinski definition) is 5. The average Bonchev–Trinajstić information content (AvgIpc) is 3.24. The number of carbonyl (C=O) groups excluding carboxylic acids is 1. The highest BCUT2D eigenvalue weighted by atomic mass is 16.3. The van der Waals surface area contributed by atoms with Crippen molar-refractivity contribution in [2.24, 2.45) is 5.73 Å². The Kier molecular flexibility index (Phi) is 5.83. The maximum atomic E-state index is 12.5. The number of carbonyl (C=O) groups is 1. The van der Waals surface area contributed by atoms with Gasteiger partial charge >= 0.3 is 0 Å². The Morgan fingerprint density at radius 3 is 2.76 bits per heavy atom. The van der Waals surface area contributed by atoms with Gasteiger partial charge in [0, 0.05) is 34.3 Å². The molecular formula is C23H28N4O2. The van der Waals surface area contributed by atoms with Gasteiger partial charge in [0.1, 0.15) is 5.75 Å². The van der Waals surface area contributed by atoms with Crippen LogP contribution in [0.4, 0.5) is 0 Å². The molecule has 1 aromatic heterocycles. The summed E-state index contributed by atoms with van der Waals surface area (Å²) in [5, 5.41) is 17.7. The van der Waals surface area contributed by atoms with Gasteiger partial charge in [-0.1, -0.05) is 31.0 Å². The average molecular weight is 393 g/mol. The van der Waals surface area contributed by atoms with E-state index in [4.69, 9.17) is 5.73 Å². The third-order valence-electron chi connectivity index (χ3n) is 5.59. The number of hydrogen-bond acceptors (Lipinski definition) is 4. The summed E-state index contributed by atoms with van der Waals surface area (Å²) >= 11 is 0. The van der Waals surface area contributed by atoms with Gasteiger partial charge in [-0.3, -0.25) is 4.79 Å². The number of unbranched alkanes of at least 4 members (excludes halogenated alkanes) is 3. The number of aromatic hydroxyl groups is 1. The lowest BCUT2D eigenvalue weighted by Gasteiger charge is -2.15. The van der Waals surface area contributed by atoms with E-state index in [0.29, 0.717) is 12.1 Å². The minimum atomic E-state index is -0.276. The van der Waals surface area contributed by atoms with Crippen molar-refractivity contribution in [3.05, 3.63) is 64.8 Å². The summed E-state index contributed by atoms with van der Waals surface area (Å²) < 4.78 is 0. The molecule has 1 amide bonds. The van der Waals surface area contributed by atoms with Crippen LogP contribution in [-0.2, 0) is 6.54 Å². The lowest BCUT2D eigenvalue weighted by Crippen LogP contribution is -2.22. The molecule has 1 unspecified atom stereocenters. The molecule has 6 nitrogen and oxygen atoms in total. The number of nitrogens with two attached hydrogens (primary N) is 1. The number of phenols is 1. The van der Waals surface area contributed by atoms with E-state index >= 15 is 0 Å². The van der Waals surface area contributed by atoms with Gasteiger partial charge < -0.3 is 26.5 Å². The first-order valence-electron chi connectivity index (χ1n) is 10.3. The van der Waals surface area contributed by atoms with E-state index in [0.717, 1.165) is 53.7 Å². The SMILES string of the molecule is NCCCCCCNCc1[nH]c2ccccc2c1C1NC(=O)c2ccc(O)cc21. The number of rotatable bonds is 9. The summed E-state index contributed by atoms with van der Waals surface area (Å²) in [5.41, 5.74) is 10.2. The van der Waals surface area contributed by atoms with Crippen molar-refractivity contribution in [1.82, 2.24) is 15.6 Å². The van der Waals surface area contributed by atoms with Crippen LogP contribution in [0.1, 0.15) is 58.9 Å². The minimum absolute atomic E-state index is 0.103. The van der Waals surface area contributed by atoms with Crippen LogP contribution in [0.2, 0.25) is 0 Å². The Balaban J connectivity index is 1.59. The van der Waals surface area contributed by atoms with E-state index in [1.54, 1.807) is 18.2 Å². The van der Waals surface area contributed by atoms with Crippen LogP contribution in [0.25, 0.3) is 10.9 Å². The molecule has 29 heavy (non-hydrogen) atoms. The van der Waals surface area contributed by atoms with Crippen LogP contribution >= 0.6 is 0 Å². The Labute approximate surface area is 170 Å². The first-order valence-corrected chi connectivity index (χ1v) is 10.3. The Morgan fingerprint density at radius 2 is 1.90 bits per heavy atom. The largest absolute Gasteiger partial charge is 0.508 e. The van der Waals surface area contributed by atoms with Crippen LogP contribution in [-0.4, -0.2) is 29.1 Å². The third-order valence-corrected chi connectivity index (χ3v) is 5.59. The zero-order chi connectivity index (χ0) is 20.2. The van der Waals surface area contributed by atoms with Gasteiger partial charge in [0.15, 0.2) is 0 Å².